The Labute approximate surface area is 308 Å². The van der Waals surface area contributed by atoms with E-state index in [1.54, 1.807) is 13.1 Å². The summed E-state index contributed by atoms with van der Waals surface area (Å²) in [4.78, 5) is 19.0. The summed E-state index contributed by atoms with van der Waals surface area (Å²) in [6.45, 7) is 6.08. The first-order chi connectivity index (χ1) is 25.4. The lowest BCUT2D eigenvalue weighted by Gasteiger charge is -2.48. The van der Waals surface area contributed by atoms with Gasteiger partial charge in [0.1, 0.15) is 28.0 Å². The average Bonchev–Trinajstić information content (AvgIpc) is 3.89. The first kappa shape index (κ1) is 35.1. The van der Waals surface area contributed by atoms with Crippen LogP contribution in [-0.4, -0.2) is 119 Å². The van der Waals surface area contributed by atoms with Crippen molar-refractivity contribution < 1.29 is 32.1 Å². The molecule has 3 aliphatic heterocycles. The highest BCUT2D eigenvalue weighted by atomic mass is 32.2. The molecule has 15 heteroatoms. The molecule has 13 nitrogen and oxygen atoms in total. The minimum atomic E-state index is -2.92. The molecule has 6 atom stereocenters. The number of anilines is 1. The van der Waals surface area contributed by atoms with Gasteiger partial charge < -0.3 is 24.2 Å². The summed E-state index contributed by atoms with van der Waals surface area (Å²) in [5.74, 6) is 1.09. The molecule has 1 aromatic carbocycles. The number of rotatable bonds is 7. The van der Waals surface area contributed by atoms with Gasteiger partial charge in [-0.25, -0.2) is 17.8 Å². The van der Waals surface area contributed by atoms with Crippen molar-refractivity contribution in [3.05, 3.63) is 29.7 Å². The molecule has 0 spiro atoms. The number of hydrogen-bond donors (Lipinski definition) is 2. The normalized spacial score (nSPS) is 31.5. The fraction of sp³-hybridized carbons (Fsp3) is 0.632. The number of β-amino-alcohol motifs (C(OH)–C–C–N with tert-alkyl or cyclic N) is 1. The van der Waals surface area contributed by atoms with Crippen LogP contribution in [0.25, 0.3) is 33.1 Å². The number of likely N-dealkylation sites (tertiary alicyclic amines) is 1. The van der Waals surface area contributed by atoms with E-state index in [-0.39, 0.29) is 53.5 Å². The van der Waals surface area contributed by atoms with Crippen LogP contribution in [0, 0.1) is 30.0 Å². The monoisotopic (exact) mass is 749 g/mol. The van der Waals surface area contributed by atoms with E-state index >= 15 is 4.39 Å². The van der Waals surface area contributed by atoms with Crippen LogP contribution in [0.15, 0.2) is 18.3 Å². The summed E-state index contributed by atoms with van der Waals surface area (Å²) in [6.07, 6.45) is 8.78. The van der Waals surface area contributed by atoms with E-state index in [4.69, 9.17) is 29.2 Å². The molecule has 284 valence electrons. The van der Waals surface area contributed by atoms with Crippen LogP contribution >= 0.6 is 0 Å². The van der Waals surface area contributed by atoms with E-state index in [1.807, 2.05) is 24.0 Å². The molecule has 2 N–H and O–H groups in total. The Hall–Kier alpha value is -3.66. The Morgan fingerprint density at radius 1 is 1.11 bits per heavy atom. The van der Waals surface area contributed by atoms with Crippen molar-refractivity contribution in [1.29, 1.82) is 0 Å². The zero-order chi connectivity index (χ0) is 36.7. The predicted molar refractivity (Wildman–Crippen MR) is 197 cm³/mol. The molecule has 2 saturated carbocycles. The van der Waals surface area contributed by atoms with Crippen LogP contribution in [0.4, 0.5) is 10.2 Å². The second kappa shape index (κ2) is 13.0. The molecule has 3 saturated heterocycles. The fourth-order valence-corrected chi connectivity index (χ4v) is 12.8. The van der Waals surface area contributed by atoms with Crippen LogP contribution in [0.1, 0.15) is 57.4 Å². The van der Waals surface area contributed by atoms with Gasteiger partial charge >= 0.3 is 6.01 Å². The number of aromatic amines is 1. The number of aromatic nitrogens is 5. The molecule has 5 fully saturated rings. The molecular weight excluding hydrogens is 702 g/mol. The number of fused-ring (bicyclic) bond motifs is 4. The molecule has 0 radical (unpaired) electrons. The number of aryl methyl sites for hydroxylation is 1. The number of nitrogens with one attached hydrogen (secondary N) is 1. The van der Waals surface area contributed by atoms with Gasteiger partial charge in [0.05, 0.1) is 56.7 Å². The highest BCUT2D eigenvalue weighted by Crippen LogP contribution is 2.52. The summed E-state index contributed by atoms with van der Waals surface area (Å²) < 4.78 is 60.1. The molecule has 9 rings (SSSR count). The standard InChI is InChI=1S/C38H48FN7O6S/c1-22-7-8-27-26(16-40-44-27)29(22)32-31(39)33-30(35(41-32)50-3)34(45-12-13-51-20-37(2,47)19-45)43-36(42-33)52-21-38-9-4-6-28(38)46(11-5-10-38)25-14-23-17-53(48,49)18-24(23)15-25/h7-8,16,23-25,28,47H,4-6,9-15,17-21H2,1-3H3,(H,40,44)/t23-,24+,25?,28-,37+,38-/m1/s1. The Morgan fingerprint density at radius 2 is 1.91 bits per heavy atom. The second-order valence-electron chi connectivity index (χ2n) is 16.5. The number of nitrogens with zero attached hydrogens (tertiary/aromatic N) is 6. The molecule has 1 unspecified atom stereocenters. The summed E-state index contributed by atoms with van der Waals surface area (Å²) in [5, 5.41) is 19.4. The molecular formula is C38H48FN7O6S. The number of ether oxygens (including phenoxy) is 3. The lowest BCUT2D eigenvalue weighted by molar-refractivity contribution is -0.0224. The zero-order valence-electron chi connectivity index (χ0n) is 30.6. The third kappa shape index (κ3) is 6.11. The molecule has 0 bridgehead atoms. The Kier molecular flexibility index (Phi) is 8.59. The lowest BCUT2D eigenvalue weighted by Crippen LogP contribution is -2.55. The number of methoxy groups -OCH3 is 1. The summed E-state index contributed by atoms with van der Waals surface area (Å²) in [7, 11) is -1.42. The first-order valence-electron chi connectivity index (χ1n) is 19.0. The van der Waals surface area contributed by atoms with Crippen LogP contribution in [0.2, 0.25) is 0 Å². The smallest absolute Gasteiger partial charge is 0.319 e. The van der Waals surface area contributed by atoms with E-state index in [1.165, 1.54) is 7.11 Å². The highest BCUT2D eigenvalue weighted by Gasteiger charge is 2.53. The average molecular weight is 750 g/mol. The maximum Gasteiger partial charge on any atom is 0.319 e. The third-order valence-corrected chi connectivity index (χ3v) is 14.7. The van der Waals surface area contributed by atoms with Crippen molar-refractivity contribution in [1.82, 2.24) is 30.0 Å². The molecule has 6 heterocycles. The van der Waals surface area contributed by atoms with Crippen molar-refractivity contribution >= 4 is 37.5 Å². The molecule has 3 aromatic heterocycles. The number of H-pyrrole nitrogens is 1. The maximum absolute atomic E-state index is 17.2. The number of sulfone groups is 1. The zero-order valence-corrected chi connectivity index (χ0v) is 31.4. The third-order valence-electron chi connectivity index (χ3n) is 12.8. The Balaban J connectivity index is 1.10. The van der Waals surface area contributed by atoms with Gasteiger partial charge in [0.2, 0.25) is 5.88 Å². The quantitative estimate of drug-likeness (QED) is 0.274. The molecule has 53 heavy (non-hydrogen) atoms. The Morgan fingerprint density at radius 3 is 2.70 bits per heavy atom. The van der Waals surface area contributed by atoms with E-state index in [2.05, 4.69) is 15.1 Å². The number of benzene rings is 1. The largest absolute Gasteiger partial charge is 0.480 e. The van der Waals surface area contributed by atoms with Gasteiger partial charge in [0, 0.05) is 35.0 Å². The number of hydrogen-bond acceptors (Lipinski definition) is 12. The van der Waals surface area contributed by atoms with Crippen molar-refractivity contribution in [3.8, 4) is 23.1 Å². The lowest BCUT2D eigenvalue weighted by atomic mass is 9.75. The van der Waals surface area contributed by atoms with Crippen LogP contribution in [0.5, 0.6) is 11.9 Å². The molecule has 0 amide bonds. The van der Waals surface area contributed by atoms with Gasteiger partial charge in [0.25, 0.3) is 0 Å². The minimum absolute atomic E-state index is 0.0229. The van der Waals surface area contributed by atoms with E-state index in [0.717, 1.165) is 68.0 Å². The summed E-state index contributed by atoms with van der Waals surface area (Å²) in [5.41, 5.74) is 0.968. The van der Waals surface area contributed by atoms with Crippen LogP contribution in [-0.2, 0) is 14.6 Å². The molecule has 2 aliphatic carbocycles. The van der Waals surface area contributed by atoms with Gasteiger partial charge in [-0.1, -0.05) is 12.5 Å². The van der Waals surface area contributed by atoms with E-state index in [0.29, 0.717) is 60.1 Å². The van der Waals surface area contributed by atoms with E-state index < -0.39 is 21.3 Å². The van der Waals surface area contributed by atoms with Gasteiger partial charge in [-0.3, -0.25) is 10.00 Å². The fourth-order valence-electron chi connectivity index (χ4n) is 10.5. The van der Waals surface area contributed by atoms with Crippen molar-refractivity contribution in [2.75, 3.05) is 63.0 Å². The van der Waals surface area contributed by atoms with Gasteiger partial charge in [-0.05, 0) is 82.4 Å². The Bertz CT molecular complexity index is 2160. The SMILES string of the molecule is COc1nc(-c2c(C)ccc3[nH]ncc23)c(F)c2nc(OC[C@]34CCC[C@H]3N(C3C[C@@H]5CS(=O)(=O)C[C@@H]5C3)CCC4)nc(N3CCOC[C@@](C)(O)C3)c12. The van der Waals surface area contributed by atoms with E-state index in [9.17, 15) is 13.5 Å². The second-order valence-corrected chi connectivity index (χ2v) is 18.7. The highest BCUT2D eigenvalue weighted by molar-refractivity contribution is 7.91. The van der Waals surface area contributed by atoms with Crippen molar-refractivity contribution in [2.45, 2.75) is 76.5 Å². The van der Waals surface area contributed by atoms with Crippen molar-refractivity contribution in [3.63, 3.8) is 0 Å². The van der Waals surface area contributed by atoms with Crippen molar-refractivity contribution in [2.24, 2.45) is 17.3 Å². The maximum atomic E-state index is 17.2. The number of piperidine rings is 1. The minimum Gasteiger partial charge on any atom is -0.480 e. The van der Waals surface area contributed by atoms with Crippen LogP contribution < -0.4 is 14.4 Å². The molecule has 4 aromatic rings. The van der Waals surface area contributed by atoms with Gasteiger partial charge in [-0.2, -0.15) is 15.1 Å². The number of halogens is 1. The summed E-state index contributed by atoms with van der Waals surface area (Å²) >= 11 is 0. The summed E-state index contributed by atoms with van der Waals surface area (Å²) in [6, 6.07) is 4.58. The first-order valence-corrected chi connectivity index (χ1v) is 20.8. The van der Waals surface area contributed by atoms with Gasteiger partial charge in [0.15, 0.2) is 15.7 Å². The predicted octanol–water partition coefficient (Wildman–Crippen LogP) is 4.45. The topological polar surface area (TPSA) is 156 Å². The number of pyridine rings is 1. The number of aliphatic hydroxyl groups is 1. The van der Waals surface area contributed by atoms with Crippen LogP contribution in [0.3, 0.4) is 0 Å². The van der Waals surface area contributed by atoms with Gasteiger partial charge in [-0.15, -0.1) is 0 Å². The molecule has 5 aliphatic rings.